The van der Waals surface area contributed by atoms with Gasteiger partial charge >= 0.3 is 0 Å². The Bertz CT molecular complexity index is 1360. The Balaban J connectivity index is 1.64. The maximum atomic E-state index is 14.3. The molecule has 40 heavy (non-hydrogen) atoms. The van der Waals surface area contributed by atoms with Gasteiger partial charge in [-0.05, 0) is 86.7 Å². The molecule has 1 fully saturated rings. The van der Waals surface area contributed by atoms with Gasteiger partial charge in [-0.15, -0.1) is 0 Å². The first-order valence-corrected chi connectivity index (χ1v) is 15.4. The highest BCUT2D eigenvalue weighted by Gasteiger charge is 2.35. The van der Waals surface area contributed by atoms with Crippen molar-refractivity contribution < 1.29 is 9.53 Å². The predicted molar refractivity (Wildman–Crippen MR) is 164 cm³/mol. The van der Waals surface area contributed by atoms with Gasteiger partial charge in [0.1, 0.15) is 6.61 Å². The normalized spacial score (nSPS) is 18.7. The fourth-order valence-corrected chi connectivity index (χ4v) is 6.80. The van der Waals surface area contributed by atoms with E-state index in [2.05, 4.69) is 62.4 Å². The summed E-state index contributed by atoms with van der Waals surface area (Å²) in [6.07, 6.45) is 6.46. The van der Waals surface area contributed by atoms with Crippen LogP contribution in [0.15, 0.2) is 47.4 Å². The Labute approximate surface area is 243 Å². The molecule has 1 aliphatic heterocycles. The van der Waals surface area contributed by atoms with Gasteiger partial charge in [-0.3, -0.25) is 9.52 Å². The van der Waals surface area contributed by atoms with Crippen LogP contribution < -0.4 is 9.46 Å². The van der Waals surface area contributed by atoms with E-state index in [0.29, 0.717) is 18.4 Å². The Hall–Kier alpha value is -3.06. The number of benzene rings is 2. The molecule has 0 spiro atoms. The van der Waals surface area contributed by atoms with Crippen molar-refractivity contribution in [2.75, 3.05) is 11.3 Å². The zero-order valence-corrected chi connectivity index (χ0v) is 25.5. The van der Waals surface area contributed by atoms with Crippen LogP contribution in [0.1, 0.15) is 86.3 Å². The van der Waals surface area contributed by atoms with Gasteiger partial charge in [0.25, 0.3) is 5.91 Å². The van der Waals surface area contributed by atoms with Gasteiger partial charge < -0.3 is 9.64 Å². The van der Waals surface area contributed by atoms with Crippen molar-refractivity contribution in [2.45, 2.75) is 97.0 Å². The first-order chi connectivity index (χ1) is 19.1. The highest BCUT2D eigenvalue weighted by molar-refractivity contribution is 8.00. The summed E-state index contributed by atoms with van der Waals surface area (Å²) in [7, 11) is 0. The van der Waals surface area contributed by atoms with E-state index in [1.165, 1.54) is 18.4 Å². The third-order valence-corrected chi connectivity index (χ3v) is 8.79. The first kappa shape index (κ1) is 28.5. The summed E-state index contributed by atoms with van der Waals surface area (Å²) in [5.41, 5.74) is 5.96. The van der Waals surface area contributed by atoms with E-state index in [4.69, 9.17) is 14.7 Å². The monoisotopic (exact) mass is 558 g/mol. The first-order valence-electron chi connectivity index (χ1n) is 14.5. The van der Waals surface area contributed by atoms with E-state index in [1.807, 2.05) is 31.2 Å². The van der Waals surface area contributed by atoms with Crippen molar-refractivity contribution in [3.63, 3.8) is 0 Å². The lowest BCUT2D eigenvalue weighted by molar-refractivity contribution is 0.0326. The number of nitrogens with one attached hydrogen (secondary N) is 1. The molecule has 3 aromatic rings. The summed E-state index contributed by atoms with van der Waals surface area (Å²) < 4.78 is 9.96. The van der Waals surface area contributed by atoms with Crippen LogP contribution in [0.5, 0.6) is 5.88 Å². The molecule has 1 atom stereocenters. The SMILES string of the molecule is Cc1cccc(C)c1-c1nc2nc(c1C)OC[C@@H](CC(C)(C)C)N(C1CCCCC1)C(=O)c1cccc(c1)SN2. The standard InChI is InChI=1S/C33H42N4O2S/c1-21-12-10-13-22(2)28(21)29-23(3)30-35-32(34-29)36-40-27-17-11-14-24(18-27)31(38)37(25-15-8-7-9-16-25)26(20-39-30)19-33(4,5)6/h10-14,17-18,25-26H,7-9,15-16,19-20H2,1-6H3,(H,34,35,36)/t26-/m1/s1. The lowest BCUT2D eigenvalue weighted by Gasteiger charge is -2.42. The number of rotatable bonds is 3. The average Bonchev–Trinajstić information content (AvgIpc) is 2.92. The van der Waals surface area contributed by atoms with Crippen LogP contribution in [-0.2, 0) is 0 Å². The molecule has 0 saturated heterocycles. The van der Waals surface area contributed by atoms with Crippen LogP contribution in [0.4, 0.5) is 5.95 Å². The Morgan fingerprint density at radius 3 is 2.40 bits per heavy atom. The summed E-state index contributed by atoms with van der Waals surface area (Å²) in [4.78, 5) is 27.2. The van der Waals surface area contributed by atoms with Gasteiger partial charge in [-0.1, -0.05) is 64.3 Å². The number of fused-ring (bicyclic) bond motifs is 4. The number of carbonyl (C=O) groups excluding carboxylic acids is 1. The quantitative estimate of drug-likeness (QED) is 0.327. The maximum Gasteiger partial charge on any atom is 0.254 e. The fourth-order valence-electron chi connectivity index (χ4n) is 6.17. The minimum atomic E-state index is -0.0814. The molecule has 7 heteroatoms. The molecule has 0 radical (unpaired) electrons. The van der Waals surface area contributed by atoms with E-state index in [1.54, 1.807) is 0 Å². The summed E-state index contributed by atoms with van der Waals surface area (Å²) in [5.74, 6) is 1.16. The van der Waals surface area contributed by atoms with Crippen LogP contribution >= 0.6 is 11.9 Å². The van der Waals surface area contributed by atoms with Gasteiger partial charge in [0.15, 0.2) is 0 Å². The summed E-state index contributed by atoms with van der Waals surface area (Å²) >= 11 is 1.42. The molecule has 212 valence electrons. The Morgan fingerprint density at radius 1 is 1.00 bits per heavy atom. The highest BCUT2D eigenvalue weighted by Crippen LogP contribution is 2.36. The topological polar surface area (TPSA) is 67.4 Å². The van der Waals surface area contributed by atoms with Crippen molar-refractivity contribution in [1.82, 2.24) is 14.9 Å². The number of hydrogen-bond donors (Lipinski definition) is 1. The molecule has 1 saturated carbocycles. The molecule has 5 rings (SSSR count). The molecule has 2 aliphatic rings. The third kappa shape index (κ3) is 6.30. The number of aryl methyl sites for hydroxylation is 2. The Morgan fingerprint density at radius 2 is 1.70 bits per heavy atom. The van der Waals surface area contributed by atoms with E-state index in [0.717, 1.165) is 70.5 Å². The van der Waals surface area contributed by atoms with E-state index < -0.39 is 0 Å². The molecule has 1 amide bonds. The van der Waals surface area contributed by atoms with Gasteiger partial charge in [-0.2, -0.15) is 4.98 Å². The van der Waals surface area contributed by atoms with E-state index in [-0.39, 0.29) is 23.4 Å². The van der Waals surface area contributed by atoms with Gasteiger partial charge in [0.2, 0.25) is 11.8 Å². The number of aromatic nitrogens is 2. The smallest absolute Gasteiger partial charge is 0.254 e. The minimum Gasteiger partial charge on any atom is -0.475 e. The van der Waals surface area contributed by atoms with Crippen LogP contribution in [0.3, 0.4) is 0 Å². The van der Waals surface area contributed by atoms with Crippen molar-refractivity contribution >= 4 is 23.8 Å². The average molecular weight is 559 g/mol. The van der Waals surface area contributed by atoms with Gasteiger partial charge in [0, 0.05) is 27.6 Å². The molecule has 1 N–H and O–H groups in total. The second kappa shape index (κ2) is 11.8. The third-order valence-electron chi connectivity index (χ3n) is 8.02. The zero-order valence-electron chi connectivity index (χ0n) is 24.7. The molecule has 1 aliphatic carbocycles. The molecule has 1 aromatic heterocycles. The molecule has 2 aromatic carbocycles. The van der Waals surface area contributed by atoms with Crippen LogP contribution in [0, 0.1) is 26.2 Å². The molecule has 0 unspecified atom stereocenters. The summed E-state index contributed by atoms with van der Waals surface area (Å²) in [6, 6.07) is 14.4. The van der Waals surface area contributed by atoms with Crippen molar-refractivity contribution in [1.29, 1.82) is 0 Å². The lowest BCUT2D eigenvalue weighted by atomic mass is 9.85. The largest absolute Gasteiger partial charge is 0.475 e. The molecule has 4 bridgehead atoms. The summed E-state index contributed by atoms with van der Waals surface area (Å²) in [6.45, 7) is 13.4. The molecular formula is C33H42N4O2S. The number of hydrogen-bond acceptors (Lipinski definition) is 6. The van der Waals surface area contributed by atoms with Crippen LogP contribution in [0.25, 0.3) is 11.3 Å². The van der Waals surface area contributed by atoms with Crippen molar-refractivity contribution in [3.05, 3.63) is 64.7 Å². The molecular weight excluding hydrogens is 516 g/mol. The zero-order chi connectivity index (χ0) is 28.4. The number of carbonyl (C=O) groups is 1. The lowest BCUT2D eigenvalue weighted by Crippen LogP contribution is -2.51. The number of anilines is 1. The van der Waals surface area contributed by atoms with E-state index >= 15 is 0 Å². The summed E-state index contributed by atoms with van der Waals surface area (Å²) in [5, 5.41) is 0. The fraction of sp³-hybridized carbons (Fsp3) is 0.485. The molecule has 2 heterocycles. The van der Waals surface area contributed by atoms with Gasteiger partial charge in [-0.25, -0.2) is 4.98 Å². The van der Waals surface area contributed by atoms with Crippen LogP contribution in [-0.4, -0.2) is 39.5 Å². The van der Waals surface area contributed by atoms with Crippen molar-refractivity contribution in [2.24, 2.45) is 5.41 Å². The number of amides is 1. The van der Waals surface area contributed by atoms with Gasteiger partial charge in [0.05, 0.1) is 11.7 Å². The van der Waals surface area contributed by atoms with E-state index in [9.17, 15) is 4.79 Å². The Kier molecular flexibility index (Phi) is 8.41. The predicted octanol–water partition coefficient (Wildman–Crippen LogP) is 8.16. The number of nitrogens with zero attached hydrogens (tertiary/aromatic N) is 3. The maximum absolute atomic E-state index is 14.3. The minimum absolute atomic E-state index is 0.0176. The second-order valence-corrected chi connectivity index (χ2v) is 13.4. The molecule has 6 nitrogen and oxygen atoms in total. The van der Waals surface area contributed by atoms with Crippen LogP contribution in [0.2, 0.25) is 0 Å². The number of ether oxygens (including phenoxy) is 1. The van der Waals surface area contributed by atoms with Crippen molar-refractivity contribution in [3.8, 4) is 17.1 Å². The second-order valence-electron chi connectivity index (χ2n) is 12.6. The highest BCUT2D eigenvalue weighted by atomic mass is 32.2.